The zero-order chi connectivity index (χ0) is 15.9. The van der Waals surface area contributed by atoms with Crippen LogP contribution in [0.2, 0.25) is 0 Å². The van der Waals surface area contributed by atoms with Gasteiger partial charge >= 0.3 is 0 Å². The lowest BCUT2D eigenvalue weighted by Crippen LogP contribution is -2.29. The standard InChI is InChI=1S/C17H22N4OS/c1-2-22-14-9-7-13(8-10-14)15-12-23-17(19-15)21-20-16-6-4-3-5-11-18-16/h7-10,12H,2-6,11H2,1H3,(H,18,20)(H,19,21). The first-order valence-corrected chi connectivity index (χ1v) is 8.97. The SMILES string of the molecule is CCOc1ccc(-c2csc(NNC3=NCCCCC3)n2)cc1. The molecule has 0 atom stereocenters. The molecule has 3 rings (SSSR count). The van der Waals surface area contributed by atoms with E-state index in [0.717, 1.165) is 40.9 Å². The normalized spacial score (nSPS) is 14.7. The summed E-state index contributed by atoms with van der Waals surface area (Å²) >= 11 is 1.58. The van der Waals surface area contributed by atoms with Gasteiger partial charge in [0.25, 0.3) is 0 Å². The lowest BCUT2D eigenvalue weighted by molar-refractivity contribution is 0.340. The molecule has 0 fully saturated rings. The first kappa shape index (κ1) is 15.8. The Bertz CT molecular complexity index is 651. The zero-order valence-corrected chi connectivity index (χ0v) is 14.2. The molecule has 0 saturated heterocycles. The number of rotatable bonds is 5. The van der Waals surface area contributed by atoms with Crippen LogP contribution in [0.1, 0.15) is 32.6 Å². The molecule has 6 heteroatoms. The monoisotopic (exact) mass is 330 g/mol. The molecule has 5 nitrogen and oxygen atoms in total. The van der Waals surface area contributed by atoms with Gasteiger partial charge < -0.3 is 4.74 Å². The van der Waals surface area contributed by atoms with Crippen molar-refractivity contribution in [1.82, 2.24) is 10.4 Å². The van der Waals surface area contributed by atoms with Gasteiger partial charge in [0.1, 0.15) is 11.6 Å². The molecule has 0 bridgehead atoms. The molecule has 0 amide bonds. The van der Waals surface area contributed by atoms with Crippen LogP contribution < -0.4 is 15.6 Å². The highest BCUT2D eigenvalue weighted by atomic mass is 32.1. The third-order valence-corrected chi connectivity index (χ3v) is 4.41. The summed E-state index contributed by atoms with van der Waals surface area (Å²) in [7, 11) is 0. The van der Waals surface area contributed by atoms with E-state index in [4.69, 9.17) is 4.74 Å². The lowest BCUT2D eigenvalue weighted by Gasteiger charge is -2.08. The molecule has 0 spiro atoms. The number of aliphatic imine (C=N–C) groups is 1. The molecule has 0 aliphatic carbocycles. The molecular formula is C17H22N4OS. The summed E-state index contributed by atoms with van der Waals surface area (Å²) in [5, 5.41) is 2.90. The number of hydrogen-bond donors (Lipinski definition) is 2. The maximum Gasteiger partial charge on any atom is 0.202 e. The van der Waals surface area contributed by atoms with Crippen LogP contribution in [0.3, 0.4) is 0 Å². The van der Waals surface area contributed by atoms with Gasteiger partial charge in [-0.3, -0.25) is 15.8 Å². The van der Waals surface area contributed by atoms with Gasteiger partial charge in [-0.05, 0) is 44.0 Å². The number of hydrazine groups is 1. The van der Waals surface area contributed by atoms with Crippen molar-refractivity contribution in [2.75, 3.05) is 18.6 Å². The van der Waals surface area contributed by atoms with E-state index in [-0.39, 0.29) is 0 Å². The van der Waals surface area contributed by atoms with Gasteiger partial charge in [0, 0.05) is 23.9 Å². The molecule has 0 saturated carbocycles. The second kappa shape index (κ2) is 7.97. The number of nitrogens with one attached hydrogen (secondary N) is 2. The number of benzene rings is 1. The van der Waals surface area contributed by atoms with Crippen LogP contribution in [-0.4, -0.2) is 24.0 Å². The molecule has 2 aromatic rings. The highest BCUT2D eigenvalue weighted by Crippen LogP contribution is 2.26. The number of amidine groups is 1. The molecule has 23 heavy (non-hydrogen) atoms. The van der Waals surface area contributed by atoms with Crippen molar-refractivity contribution in [2.24, 2.45) is 4.99 Å². The number of nitrogens with zero attached hydrogens (tertiary/aromatic N) is 2. The summed E-state index contributed by atoms with van der Waals surface area (Å²) < 4.78 is 5.46. The minimum atomic E-state index is 0.680. The first-order chi connectivity index (χ1) is 11.3. The van der Waals surface area contributed by atoms with E-state index in [1.54, 1.807) is 11.3 Å². The summed E-state index contributed by atoms with van der Waals surface area (Å²) in [5.74, 6) is 1.91. The molecule has 2 heterocycles. The summed E-state index contributed by atoms with van der Waals surface area (Å²) in [5.41, 5.74) is 8.41. The Hall–Kier alpha value is -2.08. The summed E-state index contributed by atoms with van der Waals surface area (Å²) in [6.07, 6.45) is 4.64. The van der Waals surface area contributed by atoms with Gasteiger partial charge in [-0.2, -0.15) is 0 Å². The van der Waals surface area contributed by atoms with Crippen molar-refractivity contribution in [2.45, 2.75) is 32.6 Å². The molecule has 1 aromatic carbocycles. The van der Waals surface area contributed by atoms with E-state index in [9.17, 15) is 0 Å². The van der Waals surface area contributed by atoms with Crippen molar-refractivity contribution in [1.29, 1.82) is 0 Å². The van der Waals surface area contributed by atoms with Crippen LogP contribution >= 0.6 is 11.3 Å². The third-order valence-electron chi connectivity index (χ3n) is 3.65. The topological polar surface area (TPSA) is 58.5 Å². The Balaban J connectivity index is 1.60. The van der Waals surface area contributed by atoms with Crippen molar-refractivity contribution in [3.63, 3.8) is 0 Å². The fourth-order valence-electron chi connectivity index (χ4n) is 2.45. The third kappa shape index (κ3) is 4.45. The quantitative estimate of drug-likeness (QED) is 0.811. The molecule has 1 aromatic heterocycles. The van der Waals surface area contributed by atoms with Crippen LogP contribution in [0.5, 0.6) is 5.75 Å². The maximum absolute atomic E-state index is 5.46. The van der Waals surface area contributed by atoms with Crippen LogP contribution in [-0.2, 0) is 0 Å². The lowest BCUT2D eigenvalue weighted by atomic mass is 10.2. The summed E-state index contributed by atoms with van der Waals surface area (Å²) in [6, 6.07) is 8.02. The number of thiazole rings is 1. The van der Waals surface area contributed by atoms with E-state index < -0.39 is 0 Å². The van der Waals surface area contributed by atoms with E-state index in [1.807, 2.05) is 31.2 Å². The Morgan fingerprint density at radius 3 is 2.83 bits per heavy atom. The van der Waals surface area contributed by atoms with Crippen molar-refractivity contribution in [3.05, 3.63) is 29.6 Å². The minimum Gasteiger partial charge on any atom is -0.494 e. The maximum atomic E-state index is 5.46. The van der Waals surface area contributed by atoms with Crippen molar-refractivity contribution >= 4 is 22.3 Å². The second-order valence-corrected chi connectivity index (χ2v) is 6.24. The average Bonchev–Trinajstić information content (AvgIpc) is 2.89. The van der Waals surface area contributed by atoms with Gasteiger partial charge in [0.2, 0.25) is 5.13 Å². The largest absolute Gasteiger partial charge is 0.494 e. The van der Waals surface area contributed by atoms with E-state index >= 15 is 0 Å². The molecule has 1 aliphatic heterocycles. The highest BCUT2D eigenvalue weighted by molar-refractivity contribution is 7.14. The fourth-order valence-corrected chi connectivity index (χ4v) is 3.13. The molecule has 0 unspecified atom stereocenters. The van der Waals surface area contributed by atoms with Gasteiger partial charge in [0.05, 0.1) is 12.3 Å². The Kier molecular flexibility index (Phi) is 5.47. The predicted molar refractivity (Wildman–Crippen MR) is 96.2 cm³/mol. The van der Waals surface area contributed by atoms with E-state index in [2.05, 4.69) is 26.2 Å². The Labute approximate surface area is 140 Å². The number of aromatic nitrogens is 1. The summed E-state index contributed by atoms with van der Waals surface area (Å²) in [6.45, 7) is 3.58. The Morgan fingerprint density at radius 2 is 2.00 bits per heavy atom. The Morgan fingerprint density at radius 1 is 1.13 bits per heavy atom. The van der Waals surface area contributed by atoms with E-state index in [1.165, 1.54) is 19.3 Å². The van der Waals surface area contributed by atoms with Crippen LogP contribution in [0.25, 0.3) is 11.3 Å². The van der Waals surface area contributed by atoms with Crippen LogP contribution in [0, 0.1) is 0 Å². The molecule has 0 radical (unpaired) electrons. The molecule has 1 aliphatic rings. The molecule has 2 N–H and O–H groups in total. The smallest absolute Gasteiger partial charge is 0.202 e. The van der Waals surface area contributed by atoms with Crippen molar-refractivity contribution < 1.29 is 4.74 Å². The average molecular weight is 330 g/mol. The summed E-state index contributed by atoms with van der Waals surface area (Å²) in [4.78, 5) is 9.15. The molecular weight excluding hydrogens is 308 g/mol. The highest BCUT2D eigenvalue weighted by Gasteiger charge is 2.07. The second-order valence-electron chi connectivity index (χ2n) is 5.38. The first-order valence-electron chi connectivity index (χ1n) is 8.09. The van der Waals surface area contributed by atoms with Gasteiger partial charge in [-0.1, -0.05) is 6.42 Å². The van der Waals surface area contributed by atoms with Gasteiger partial charge in [-0.15, -0.1) is 11.3 Å². The van der Waals surface area contributed by atoms with Crippen molar-refractivity contribution in [3.8, 4) is 17.0 Å². The van der Waals surface area contributed by atoms with Gasteiger partial charge in [-0.25, -0.2) is 4.98 Å². The number of ether oxygens (including phenoxy) is 1. The number of anilines is 1. The van der Waals surface area contributed by atoms with E-state index in [0.29, 0.717) is 6.61 Å². The minimum absolute atomic E-state index is 0.680. The molecule has 122 valence electrons. The fraction of sp³-hybridized carbons (Fsp3) is 0.412. The predicted octanol–water partition coefficient (Wildman–Crippen LogP) is 4.10. The van der Waals surface area contributed by atoms with Gasteiger partial charge in [0.15, 0.2) is 0 Å². The zero-order valence-electron chi connectivity index (χ0n) is 13.3. The van der Waals surface area contributed by atoms with Crippen LogP contribution in [0.15, 0.2) is 34.6 Å². The number of hydrogen-bond acceptors (Lipinski definition) is 6. The van der Waals surface area contributed by atoms with Crippen LogP contribution in [0.4, 0.5) is 5.13 Å².